The molecule has 7 heteroatoms. The monoisotopic (exact) mass is 590 g/mol. The van der Waals surface area contributed by atoms with E-state index in [-0.39, 0.29) is 0 Å². The maximum absolute atomic E-state index is 11.2. The fourth-order valence-electron chi connectivity index (χ4n) is 4.45. The van der Waals surface area contributed by atoms with Gasteiger partial charge in [-0.15, -0.1) is 0 Å². The van der Waals surface area contributed by atoms with Crippen LogP contribution in [0.1, 0.15) is 27.0 Å². The summed E-state index contributed by atoms with van der Waals surface area (Å²) in [6.07, 6.45) is 2.26. The van der Waals surface area contributed by atoms with E-state index in [4.69, 9.17) is 23.7 Å². The quantitative estimate of drug-likeness (QED) is 0.124. The lowest BCUT2D eigenvalue weighted by Crippen LogP contribution is -2.00. The number of benzene rings is 4. The molecule has 0 radical (unpaired) electrons. The molecule has 0 bridgehead atoms. The normalized spacial score (nSPS) is 10.6. The van der Waals surface area contributed by atoms with Gasteiger partial charge in [-0.05, 0) is 77.6 Å². The zero-order valence-corrected chi connectivity index (χ0v) is 24.0. The fourth-order valence-corrected chi connectivity index (χ4v) is 4.79. The van der Waals surface area contributed by atoms with E-state index in [1.165, 1.54) is 0 Å². The summed E-state index contributed by atoms with van der Waals surface area (Å²) in [5, 5.41) is 0.758. The van der Waals surface area contributed by atoms with Gasteiger partial charge in [-0.25, -0.2) is 0 Å². The highest BCUT2D eigenvalue weighted by Gasteiger charge is 2.15. The summed E-state index contributed by atoms with van der Waals surface area (Å²) in [6, 6.07) is 23.1. The molecule has 4 rings (SSSR count). The Bertz CT molecular complexity index is 1450. The van der Waals surface area contributed by atoms with Crippen molar-refractivity contribution in [2.24, 2.45) is 0 Å². The third kappa shape index (κ3) is 6.55. The average Bonchev–Trinajstić information content (AvgIpc) is 2.99. The van der Waals surface area contributed by atoms with E-state index < -0.39 is 0 Å². The molecule has 0 saturated carbocycles. The van der Waals surface area contributed by atoms with Gasteiger partial charge in [0, 0.05) is 22.5 Å². The van der Waals surface area contributed by atoms with Gasteiger partial charge >= 0.3 is 0 Å². The van der Waals surface area contributed by atoms with E-state index in [0.717, 1.165) is 63.8 Å². The Balaban J connectivity index is 1.61. The van der Waals surface area contributed by atoms with Crippen LogP contribution in [0.3, 0.4) is 0 Å². The molecule has 0 saturated heterocycles. The van der Waals surface area contributed by atoms with E-state index in [1.807, 2.05) is 24.3 Å². The third-order valence-corrected chi connectivity index (χ3v) is 7.14. The molecule has 39 heavy (non-hydrogen) atoms. The van der Waals surface area contributed by atoms with Crippen LogP contribution in [0.4, 0.5) is 0 Å². The second-order valence-corrected chi connectivity index (χ2v) is 9.36. The Labute approximate surface area is 237 Å². The predicted octanol–water partition coefficient (Wildman–Crippen LogP) is 7.67. The van der Waals surface area contributed by atoms with Crippen LogP contribution >= 0.6 is 15.9 Å². The summed E-state index contributed by atoms with van der Waals surface area (Å²) >= 11 is 3.52. The predicted molar refractivity (Wildman–Crippen MR) is 156 cm³/mol. The second-order valence-electron chi connectivity index (χ2n) is 8.80. The fraction of sp³-hybridized carbons (Fsp3) is 0.219. The number of ether oxygens (including phenoxy) is 5. The molecule has 0 N–H and O–H groups in total. The van der Waals surface area contributed by atoms with E-state index in [2.05, 4.69) is 46.3 Å². The molecule has 0 atom stereocenters. The third-order valence-electron chi connectivity index (χ3n) is 6.50. The van der Waals surface area contributed by atoms with Crippen LogP contribution < -0.4 is 23.7 Å². The van der Waals surface area contributed by atoms with Crippen LogP contribution in [-0.4, -0.2) is 34.7 Å². The van der Waals surface area contributed by atoms with Crippen LogP contribution in [0.2, 0.25) is 0 Å². The van der Waals surface area contributed by atoms with Crippen molar-refractivity contribution in [2.75, 3.05) is 28.4 Å². The number of carbonyl (C=O) groups excluding carboxylic acids is 1. The van der Waals surface area contributed by atoms with Crippen molar-refractivity contribution in [3.05, 3.63) is 95.1 Å². The SMILES string of the molecule is COc1ccc(-c2ccc(CBr)cc2OC)c(CCc2ccc(Oc3cc(C=O)ccc3OC)cc2OC)c1. The van der Waals surface area contributed by atoms with Crippen LogP contribution in [0, 0.1) is 0 Å². The molecule has 0 amide bonds. The molecule has 0 aromatic heterocycles. The van der Waals surface area contributed by atoms with Crippen LogP contribution in [0.15, 0.2) is 72.8 Å². The number of hydrogen-bond acceptors (Lipinski definition) is 6. The summed E-state index contributed by atoms with van der Waals surface area (Å²) in [7, 11) is 6.57. The van der Waals surface area contributed by atoms with E-state index in [0.29, 0.717) is 28.6 Å². The lowest BCUT2D eigenvalue weighted by atomic mass is 9.93. The van der Waals surface area contributed by atoms with Crippen LogP contribution in [0.5, 0.6) is 34.5 Å². The minimum Gasteiger partial charge on any atom is -0.497 e. The Morgan fingerprint density at radius 3 is 2.03 bits per heavy atom. The maximum Gasteiger partial charge on any atom is 0.169 e. The Kier molecular flexibility index (Phi) is 9.49. The number of aryl methyl sites for hydroxylation is 2. The molecule has 202 valence electrons. The minimum atomic E-state index is 0.456. The van der Waals surface area contributed by atoms with Gasteiger partial charge in [-0.3, -0.25) is 4.79 Å². The van der Waals surface area contributed by atoms with E-state index >= 15 is 0 Å². The first-order valence-corrected chi connectivity index (χ1v) is 13.5. The standard InChI is InChI=1S/C32H31BrO6/c1-35-25-11-13-27(28-12-5-21(19-33)15-31(28)38-4)24(17-25)8-7-23-9-10-26(18-30(23)37-3)39-32-16-22(20-34)6-14-29(32)36-2/h5-6,9-18,20H,7-8,19H2,1-4H3. The average molecular weight is 591 g/mol. The van der Waals surface area contributed by atoms with Gasteiger partial charge in [0.25, 0.3) is 0 Å². The molecule has 0 aliphatic rings. The smallest absolute Gasteiger partial charge is 0.169 e. The Morgan fingerprint density at radius 1 is 0.615 bits per heavy atom. The molecule has 0 fully saturated rings. The van der Waals surface area contributed by atoms with Gasteiger partial charge in [0.1, 0.15) is 29.3 Å². The van der Waals surface area contributed by atoms with Gasteiger partial charge < -0.3 is 23.7 Å². The number of methoxy groups -OCH3 is 4. The van der Waals surface area contributed by atoms with Gasteiger partial charge in [-0.2, -0.15) is 0 Å². The number of alkyl halides is 1. The highest BCUT2D eigenvalue weighted by molar-refractivity contribution is 9.08. The Morgan fingerprint density at radius 2 is 1.33 bits per heavy atom. The number of aldehydes is 1. The van der Waals surface area contributed by atoms with Gasteiger partial charge in [0.2, 0.25) is 0 Å². The number of halogens is 1. The van der Waals surface area contributed by atoms with E-state index in [1.54, 1.807) is 46.6 Å². The van der Waals surface area contributed by atoms with Crippen molar-refractivity contribution < 1.29 is 28.5 Å². The number of carbonyl (C=O) groups is 1. The zero-order valence-electron chi connectivity index (χ0n) is 22.5. The van der Waals surface area contributed by atoms with Gasteiger partial charge in [-0.1, -0.05) is 40.2 Å². The largest absolute Gasteiger partial charge is 0.497 e. The summed E-state index contributed by atoms with van der Waals surface area (Å²) in [4.78, 5) is 11.2. The Hall–Kier alpha value is -3.97. The summed E-state index contributed by atoms with van der Waals surface area (Å²) in [5.74, 6) is 3.91. The molecule has 0 spiro atoms. The molecule has 6 nitrogen and oxygen atoms in total. The topological polar surface area (TPSA) is 63.2 Å². The lowest BCUT2D eigenvalue weighted by Gasteiger charge is -2.17. The number of hydrogen-bond donors (Lipinski definition) is 0. The minimum absolute atomic E-state index is 0.456. The van der Waals surface area contributed by atoms with Crippen molar-refractivity contribution >= 4 is 22.2 Å². The molecule has 0 aliphatic heterocycles. The molecule has 0 aliphatic carbocycles. The van der Waals surface area contributed by atoms with Crippen molar-refractivity contribution in [1.82, 2.24) is 0 Å². The molecule has 0 heterocycles. The van der Waals surface area contributed by atoms with Gasteiger partial charge in [0.05, 0.1) is 28.4 Å². The van der Waals surface area contributed by atoms with Crippen LogP contribution in [0.25, 0.3) is 11.1 Å². The first kappa shape index (κ1) is 28.0. The highest BCUT2D eigenvalue weighted by Crippen LogP contribution is 2.38. The molecular formula is C32H31BrO6. The molecule has 0 unspecified atom stereocenters. The first-order chi connectivity index (χ1) is 19.0. The molecule has 4 aromatic carbocycles. The molecule has 4 aromatic rings. The van der Waals surface area contributed by atoms with E-state index in [9.17, 15) is 4.79 Å². The van der Waals surface area contributed by atoms with Crippen molar-refractivity contribution in [3.8, 4) is 45.6 Å². The summed E-state index contributed by atoms with van der Waals surface area (Å²) < 4.78 is 28.4. The summed E-state index contributed by atoms with van der Waals surface area (Å²) in [5.41, 5.74) is 5.94. The highest BCUT2D eigenvalue weighted by atomic mass is 79.9. The number of rotatable bonds is 12. The van der Waals surface area contributed by atoms with Gasteiger partial charge in [0.15, 0.2) is 11.5 Å². The molecular weight excluding hydrogens is 560 g/mol. The summed E-state index contributed by atoms with van der Waals surface area (Å²) in [6.45, 7) is 0. The van der Waals surface area contributed by atoms with Crippen LogP contribution in [-0.2, 0) is 18.2 Å². The van der Waals surface area contributed by atoms with Crippen molar-refractivity contribution in [2.45, 2.75) is 18.2 Å². The lowest BCUT2D eigenvalue weighted by molar-refractivity contribution is 0.112. The van der Waals surface area contributed by atoms with Crippen molar-refractivity contribution in [1.29, 1.82) is 0 Å². The van der Waals surface area contributed by atoms with Crippen molar-refractivity contribution in [3.63, 3.8) is 0 Å². The first-order valence-electron chi connectivity index (χ1n) is 12.4. The maximum atomic E-state index is 11.2. The zero-order chi connectivity index (χ0) is 27.8. The second kappa shape index (κ2) is 13.2.